The Balaban J connectivity index is 1.70. The quantitative estimate of drug-likeness (QED) is 0.875. The minimum Gasteiger partial charge on any atom is -0.496 e. The highest BCUT2D eigenvalue weighted by Crippen LogP contribution is 2.34. The number of methoxy groups -OCH3 is 1. The molecule has 106 valence electrons. The predicted octanol–water partition coefficient (Wildman–Crippen LogP) is 2.03. The Kier molecular flexibility index (Phi) is 3.60. The lowest BCUT2D eigenvalue weighted by atomic mass is 10.1. The zero-order valence-corrected chi connectivity index (χ0v) is 11.8. The zero-order chi connectivity index (χ0) is 13.9. The van der Waals surface area contributed by atoms with Crippen molar-refractivity contribution in [2.75, 3.05) is 7.11 Å². The van der Waals surface area contributed by atoms with Crippen LogP contribution in [0.1, 0.15) is 23.7 Å². The van der Waals surface area contributed by atoms with Gasteiger partial charge in [-0.2, -0.15) is 5.10 Å². The number of aromatic nitrogens is 2. The van der Waals surface area contributed by atoms with Crippen molar-refractivity contribution < 1.29 is 9.47 Å². The van der Waals surface area contributed by atoms with Crippen LogP contribution in [-0.2, 0) is 19.5 Å². The summed E-state index contributed by atoms with van der Waals surface area (Å²) in [5.41, 5.74) is 3.40. The molecule has 1 aliphatic rings. The molecule has 3 rings (SSSR count). The molecule has 0 saturated heterocycles. The van der Waals surface area contributed by atoms with Crippen LogP contribution >= 0.6 is 0 Å². The molecule has 1 aliphatic heterocycles. The Morgan fingerprint density at radius 3 is 3.10 bits per heavy atom. The maximum absolute atomic E-state index is 5.80. The fraction of sp³-hybridized carbons (Fsp3) is 0.400. The van der Waals surface area contributed by atoms with E-state index in [1.54, 1.807) is 13.3 Å². The van der Waals surface area contributed by atoms with Crippen LogP contribution < -0.4 is 14.8 Å². The number of benzene rings is 1. The lowest BCUT2D eigenvalue weighted by molar-refractivity contribution is 0.254. The Morgan fingerprint density at radius 1 is 1.45 bits per heavy atom. The van der Waals surface area contributed by atoms with E-state index in [0.29, 0.717) is 0 Å². The maximum atomic E-state index is 5.80. The van der Waals surface area contributed by atoms with Crippen LogP contribution in [0.3, 0.4) is 0 Å². The zero-order valence-electron chi connectivity index (χ0n) is 11.8. The van der Waals surface area contributed by atoms with Gasteiger partial charge in [-0.3, -0.25) is 5.10 Å². The molecule has 2 N–H and O–H groups in total. The predicted molar refractivity (Wildman–Crippen MR) is 75.9 cm³/mol. The maximum Gasteiger partial charge on any atom is 0.123 e. The largest absolute Gasteiger partial charge is 0.496 e. The molecule has 5 nitrogen and oxygen atoms in total. The van der Waals surface area contributed by atoms with Crippen LogP contribution in [0.4, 0.5) is 0 Å². The van der Waals surface area contributed by atoms with Gasteiger partial charge in [-0.15, -0.1) is 0 Å². The van der Waals surface area contributed by atoms with Gasteiger partial charge in [-0.25, -0.2) is 0 Å². The van der Waals surface area contributed by atoms with Gasteiger partial charge in [0.1, 0.15) is 17.6 Å². The van der Waals surface area contributed by atoms with Crippen LogP contribution in [-0.4, -0.2) is 23.4 Å². The number of nitrogens with one attached hydrogen (secondary N) is 2. The summed E-state index contributed by atoms with van der Waals surface area (Å²) in [5, 5.41) is 10.2. The molecular weight excluding hydrogens is 254 g/mol. The first-order chi connectivity index (χ1) is 9.76. The molecule has 0 aliphatic carbocycles. The Hall–Kier alpha value is -2.01. The number of aromatic amines is 1. The van der Waals surface area contributed by atoms with Crippen molar-refractivity contribution in [2.24, 2.45) is 0 Å². The van der Waals surface area contributed by atoms with Gasteiger partial charge in [0.25, 0.3) is 0 Å². The molecule has 2 aromatic rings. The van der Waals surface area contributed by atoms with Gasteiger partial charge < -0.3 is 14.8 Å². The molecule has 1 atom stereocenters. The van der Waals surface area contributed by atoms with Gasteiger partial charge in [0.15, 0.2) is 0 Å². The fourth-order valence-corrected chi connectivity index (χ4v) is 2.52. The third-order valence-electron chi connectivity index (χ3n) is 3.49. The fourth-order valence-electron chi connectivity index (χ4n) is 2.52. The third kappa shape index (κ3) is 2.63. The second-order valence-electron chi connectivity index (χ2n) is 5.09. The summed E-state index contributed by atoms with van der Waals surface area (Å²) in [7, 11) is 1.71. The highest BCUT2D eigenvalue weighted by atomic mass is 16.5. The summed E-state index contributed by atoms with van der Waals surface area (Å²) in [6.45, 7) is 3.56. The first kappa shape index (κ1) is 13.0. The molecule has 2 heterocycles. The van der Waals surface area contributed by atoms with Gasteiger partial charge in [-0.05, 0) is 25.1 Å². The van der Waals surface area contributed by atoms with Crippen molar-refractivity contribution >= 4 is 0 Å². The molecular formula is C15H19N3O2. The standard InChI is InChI=1S/C15H19N3O2/c1-10-5-11-6-14(19-2)12(7-15(11)20-10)8-16-9-13-3-4-17-18-13/h3-4,6-7,10,16H,5,8-9H2,1-2H3,(H,17,18)/t10-/m0/s1. The molecule has 0 radical (unpaired) electrons. The number of nitrogens with zero attached hydrogens (tertiary/aromatic N) is 1. The van der Waals surface area contributed by atoms with Crippen molar-refractivity contribution in [3.05, 3.63) is 41.2 Å². The lowest BCUT2D eigenvalue weighted by Crippen LogP contribution is -2.13. The molecule has 0 unspecified atom stereocenters. The number of H-pyrrole nitrogens is 1. The number of fused-ring (bicyclic) bond motifs is 1. The summed E-state index contributed by atoms with van der Waals surface area (Å²) in [6.07, 6.45) is 2.96. The van der Waals surface area contributed by atoms with Crippen LogP contribution in [0, 0.1) is 0 Å². The third-order valence-corrected chi connectivity index (χ3v) is 3.49. The summed E-state index contributed by atoms with van der Waals surface area (Å²) >= 11 is 0. The van der Waals surface area contributed by atoms with E-state index in [-0.39, 0.29) is 6.10 Å². The van der Waals surface area contributed by atoms with Crippen LogP contribution in [0.25, 0.3) is 0 Å². The average molecular weight is 273 g/mol. The Labute approximate surface area is 118 Å². The molecule has 1 aromatic carbocycles. The first-order valence-corrected chi connectivity index (χ1v) is 6.81. The van der Waals surface area contributed by atoms with E-state index in [4.69, 9.17) is 9.47 Å². The summed E-state index contributed by atoms with van der Waals surface area (Å²) in [4.78, 5) is 0. The highest BCUT2D eigenvalue weighted by Gasteiger charge is 2.21. The van der Waals surface area contributed by atoms with E-state index in [9.17, 15) is 0 Å². The van der Waals surface area contributed by atoms with Crippen molar-refractivity contribution in [3.63, 3.8) is 0 Å². The van der Waals surface area contributed by atoms with E-state index in [1.165, 1.54) is 5.56 Å². The van der Waals surface area contributed by atoms with E-state index >= 15 is 0 Å². The van der Waals surface area contributed by atoms with Crippen LogP contribution in [0.2, 0.25) is 0 Å². The van der Waals surface area contributed by atoms with Crippen molar-refractivity contribution in [1.29, 1.82) is 0 Å². The van der Waals surface area contributed by atoms with Crippen molar-refractivity contribution in [3.8, 4) is 11.5 Å². The highest BCUT2D eigenvalue weighted by molar-refractivity contribution is 5.48. The molecule has 0 fully saturated rings. The number of hydrogen-bond acceptors (Lipinski definition) is 4. The van der Waals surface area contributed by atoms with E-state index in [2.05, 4.69) is 34.6 Å². The molecule has 0 amide bonds. The normalized spacial score (nSPS) is 16.8. The van der Waals surface area contributed by atoms with Crippen molar-refractivity contribution in [1.82, 2.24) is 15.5 Å². The lowest BCUT2D eigenvalue weighted by Gasteiger charge is -2.11. The van der Waals surface area contributed by atoms with Crippen LogP contribution in [0.5, 0.6) is 11.5 Å². The molecule has 20 heavy (non-hydrogen) atoms. The topological polar surface area (TPSA) is 59.2 Å². The van der Waals surface area contributed by atoms with E-state index in [1.807, 2.05) is 6.07 Å². The second kappa shape index (κ2) is 5.54. The smallest absolute Gasteiger partial charge is 0.123 e. The van der Waals surface area contributed by atoms with Crippen LogP contribution in [0.15, 0.2) is 24.4 Å². The van der Waals surface area contributed by atoms with Gasteiger partial charge in [0.05, 0.1) is 7.11 Å². The monoisotopic (exact) mass is 273 g/mol. The van der Waals surface area contributed by atoms with E-state index in [0.717, 1.165) is 42.3 Å². The molecule has 1 aromatic heterocycles. The summed E-state index contributed by atoms with van der Waals surface area (Å²) in [5.74, 6) is 1.90. The molecule has 0 saturated carbocycles. The summed E-state index contributed by atoms with van der Waals surface area (Å²) in [6, 6.07) is 6.13. The van der Waals surface area contributed by atoms with Crippen molar-refractivity contribution in [2.45, 2.75) is 32.5 Å². The number of hydrogen-bond donors (Lipinski definition) is 2. The van der Waals surface area contributed by atoms with Gasteiger partial charge in [0.2, 0.25) is 0 Å². The molecule has 5 heteroatoms. The second-order valence-corrected chi connectivity index (χ2v) is 5.09. The number of ether oxygens (including phenoxy) is 2. The molecule has 0 spiro atoms. The number of rotatable bonds is 5. The minimum atomic E-state index is 0.253. The Bertz CT molecular complexity index is 581. The van der Waals surface area contributed by atoms with E-state index < -0.39 is 0 Å². The molecule has 0 bridgehead atoms. The summed E-state index contributed by atoms with van der Waals surface area (Å²) < 4.78 is 11.3. The Morgan fingerprint density at radius 2 is 2.35 bits per heavy atom. The average Bonchev–Trinajstić information content (AvgIpc) is 3.05. The first-order valence-electron chi connectivity index (χ1n) is 6.81. The van der Waals surface area contributed by atoms with Gasteiger partial charge in [-0.1, -0.05) is 0 Å². The SMILES string of the molecule is COc1cc2c(cc1CNCc1ccn[nH]1)O[C@@H](C)C2. The van der Waals surface area contributed by atoms with Gasteiger partial charge in [0, 0.05) is 42.5 Å². The van der Waals surface area contributed by atoms with Gasteiger partial charge >= 0.3 is 0 Å². The minimum absolute atomic E-state index is 0.253.